The number of benzene rings is 1. The smallest absolute Gasteiger partial charge is 0.244 e. The molecule has 1 aromatic carbocycles. The molecule has 0 bridgehead atoms. The van der Waals surface area contributed by atoms with Crippen molar-refractivity contribution in [2.45, 2.75) is 44.2 Å². The van der Waals surface area contributed by atoms with Crippen molar-refractivity contribution in [3.63, 3.8) is 0 Å². The molecule has 2 fully saturated rings. The Morgan fingerprint density at radius 3 is 2.77 bits per heavy atom. The number of rotatable bonds is 4. The Labute approximate surface area is 132 Å². The average Bonchev–Trinajstić information content (AvgIpc) is 2.92. The SMILES string of the molecule is COc1ccc(C)cc1S(=O)(=O)N[C@@H]1[C@@H]2CCO[C@H]2C1(C)C. The summed E-state index contributed by atoms with van der Waals surface area (Å²) in [6, 6.07) is 5.08. The molecule has 5 nitrogen and oxygen atoms in total. The molecule has 1 aliphatic heterocycles. The lowest BCUT2D eigenvalue weighted by molar-refractivity contribution is -0.105. The number of sulfonamides is 1. The zero-order valence-electron chi connectivity index (χ0n) is 13.4. The van der Waals surface area contributed by atoms with Crippen LogP contribution in [0.25, 0.3) is 0 Å². The number of ether oxygens (including phenoxy) is 2. The molecule has 1 saturated heterocycles. The van der Waals surface area contributed by atoms with E-state index in [1.165, 1.54) is 7.11 Å². The van der Waals surface area contributed by atoms with E-state index in [4.69, 9.17) is 9.47 Å². The molecule has 1 aliphatic carbocycles. The van der Waals surface area contributed by atoms with Crippen molar-refractivity contribution in [2.24, 2.45) is 11.3 Å². The lowest BCUT2D eigenvalue weighted by atomic mass is 9.58. The molecule has 0 amide bonds. The van der Waals surface area contributed by atoms with Crippen molar-refractivity contribution in [1.82, 2.24) is 4.72 Å². The van der Waals surface area contributed by atoms with Gasteiger partial charge in [0.15, 0.2) is 0 Å². The zero-order valence-corrected chi connectivity index (χ0v) is 14.2. The van der Waals surface area contributed by atoms with E-state index in [0.717, 1.165) is 12.0 Å². The highest BCUT2D eigenvalue weighted by Gasteiger charge is 2.60. The fraction of sp³-hybridized carbons (Fsp3) is 0.625. The van der Waals surface area contributed by atoms with E-state index in [1.54, 1.807) is 12.1 Å². The summed E-state index contributed by atoms with van der Waals surface area (Å²) in [6.07, 6.45) is 1.06. The minimum Gasteiger partial charge on any atom is -0.495 e. The molecule has 122 valence electrons. The molecule has 1 heterocycles. The first kappa shape index (κ1) is 15.8. The number of methoxy groups -OCH3 is 1. The van der Waals surface area contributed by atoms with E-state index in [2.05, 4.69) is 18.6 Å². The summed E-state index contributed by atoms with van der Waals surface area (Å²) in [5.41, 5.74) is 0.696. The second kappa shape index (κ2) is 5.22. The van der Waals surface area contributed by atoms with Crippen molar-refractivity contribution < 1.29 is 17.9 Å². The molecule has 0 spiro atoms. The van der Waals surface area contributed by atoms with Gasteiger partial charge < -0.3 is 9.47 Å². The maximum absolute atomic E-state index is 12.8. The summed E-state index contributed by atoms with van der Waals surface area (Å²) in [5.74, 6) is 0.634. The highest BCUT2D eigenvalue weighted by atomic mass is 32.2. The van der Waals surface area contributed by atoms with Crippen molar-refractivity contribution in [1.29, 1.82) is 0 Å². The van der Waals surface area contributed by atoms with E-state index in [9.17, 15) is 8.42 Å². The largest absolute Gasteiger partial charge is 0.495 e. The van der Waals surface area contributed by atoms with Gasteiger partial charge in [-0.15, -0.1) is 0 Å². The quantitative estimate of drug-likeness (QED) is 0.921. The Morgan fingerprint density at radius 2 is 2.09 bits per heavy atom. The molecule has 0 radical (unpaired) electrons. The number of aryl methyl sites for hydroxylation is 1. The minimum atomic E-state index is -3.63. The fourth-order valence-corrected chi connectivity index (χ4v) is 5.49. The number of hydrogen-bond donors (Lipinski definition) is 1. The van der Waals surface area contributed by atoms with Crippen LogP contribution in [-0.4, -0.2) is 34.3 Å². The van der Waals surface area contributed by atoms with Gasteiger partial charge in [0.25, 0.3) is 0 Å². The number of fused-ring (bicyclic) bond motifs is 1. The van der Waals surface area contributed by atoms with Crippen molar-refractivity contribution in [3.8, 4) is 5.75 Å². The first-order valence-electron chi connectivity index (χ1n) is 7.56. The lowest BCUT2D eigenvalue weighted by Crippen LogP contribution is -2.66. The molecule has 0 unspecified atom stereocenters. The van der Waals surface area contributed by atoms with Gasteiger partial charge in [-0.05, 0) is 31.0 Å². The molecular formula is C16H23NO4S. The van der Waals surface area contributed by atoms with Gasteiger partial charge in [0, 0.05) is 24.0 Å². The Balaban J connectivity index is 1.90. The predicted octanol–water partition coefficient (Wildman–Crippen LogP) is 2.10. The standard InChI is InChI=1S/C16H23NO4S/c1-10-5-6-12(20-4)13(9-10)22(18,19)17-14-11-7-8-21-15(11)16(14,2)3/h5-6,9,11,14-15,17H,7-8H2,1-4H3/t11-,14+,15+/m0/s1. The van der Waals surface area contributed by atoms with Crippen LogP contribution in [0.3, 0.4) is 0 Å². The Hall–Kier alpha value is -1.11. The molecular weight excluding hydrogens is 302 g/mol. The zero-order chi connectivity index (χ0) is 16.1. The van der Waals surface area contributed by atoms with Gasteiger partial charge >= 0.3 is 0 Å². The van der Waals surface area contributed by atoms with Gasteiger partial charge in [0.1, 0.15) is 10.6 Å². The molecule has 1 N–H and O–H groups in total. The van der Waals surface area contributed by atoms with Crippen LogP contribution in [0.1, 0.15) is 25.8 Å². The third-order valence-electron chi connectivity index (χ3n) is 4.99. The summed E-state index contributed by atoms with van der Waals surface area (Å²) < 4.78 is 39.4. The first-order valence-corrected chi connectivity index (χ1v) is 9.04. The van der Waals surface area contributed by atoms with Gasteiger partial charge in [-0.25, -0.2) is 13.1 Å². The van der Waals surface area contributed by atoms with Crippen LogP contribution in [0.5, 0.6) is 5.75 Å². The Kier molecular flexibility index (Phi) is 3.74. The second-order valence-corrected chi connectivity index (χ2v) is 8.50. The highest BCUT2D eigenvalue weighted by Crippen LogP contribution is 2.52. The van der Waals surface area contributed by atoms with E-state index in [1.807, 2.05) is 13.0 Å². The third-order valence-corrected chi connectivity index (χ3v) is 6.45. The van der Waals surface area contributed by atoms with Crippen LogP contribution < -0.4 is 9.46 Å². The third kappa shape index (κ3) is 2.33. The second-order valence-electron chi connectivity index (χ2n) is 6.82. The van der Waals surface area contributed by atoms with Gasteiger partial charge in [0.2, 0.25) is 10.0 Å². The normalized spacial score (nSPS) is 29.7. The van der Waals surface area contributed by atoms with Gasteiger partial charge in [0.05, 0.1) is 13.2 Å². The molecule has 1 saturated carbocycles. The van der Waals surface area contributed by atoms with Gasteiger partial charge in [-0.2, -0.15) is 0 Å². The molecule has 2 aliphatic rings. The summed E-state index contributed by atoms with van der Waals surface area (Å²) in [5, 5.41) is 0. The van der Waals surface area contributed by atoms with Crippen LogP contribution in [-0.2, 0) is 14.8 Å². The van der Waals surface area contributed by atoms with E-state index in [-0.39, 0.29) is 28.4 Å². The van der Waals surface area contributed by atoms with Crippen LogP contribution in [0, 0.1) is 18.3 Å². The molecule has 22 heavy (non-hydrogen) atoms. The average molecular weight is 325 g/mol. The van der Waals surface area contributed by atoms with Crippen molar-refractivity contribution in [3.05, 3.63) is 23.8 Å². The van der Waals surface area contributed by atoms with E-state index >= 15 is 0 Å². The van der Waals surface area contributed by atoms with Gasteiger partial charge in [-0.3, -0.25) is 0 Å². The summed E-state index contributed by atoms with van der Waals surface area (Å²) in [7, 11) is -2.14. The molecule has 3 rings (SSSR count). The van der Waals surface area contributed by atoms with Crippen molar-refractivity contribution >= 4 is 10.0 Å². The molecule has 6 heteroatoms. The first-order chi connectivity index (χ1) is 10.3. The highest BCUT2D eigenvalue weighted by molar-refractivity contribution is 7.89. The fourth-order valence-electron chi connectivity index (χ4n) is 3.79. The van der Waals surface area contributed by atoms with E-state index < -0.39 is 10.0 Å². The van der Waals surface area contributed by atoms with Crippen LogP contribution in [0.4, 0.5) is 0 Å². The van der Waals surface area contributed by atoms with Crippen LogP contribution in [0.15, 0.2) is 23.1 Å². The predicted molar refractivity (Wildman–Crippen MR) is 83.5 cm³/mol. The number of nitrogens with one attached hydrogen (secondary N) is 1. The lowest BCUT2D eigenvalue weighted by Gasteiger charge is -2.54. The van der Waals surface area contributed by atoms with E-state index in [0.29, 0.717) is 12.4 Å². The maximum atomic E-state index is 12.8. The number of hydrogen-bond acceptors (Lipinski definition) is 4. The minimum absolute atomic E-state index is 0.102. The van der Waals surface area contributed by atoms with Crippen LogP contribution in [0.2, 0.25) is 0 Å². The van der Waals surface area contributed by atoms with Gasteiger partial charge in [-0.1, -0.05) is 19.9 Å². The molecule has 1 aromatic rings. The topological polar surface area (TPSA) is 64.6 Å². The maximum Gasteiger partial charge on any atom is 0.244 e. The Morgan fingerprint density at radius 1 is 1.36 bits per heavy atom. The summed E-state index contributed by atoms with van der Waals surface area (Å²) in [4.78, 5) is 0.202. The van der Waals surface area contributed by atoms with Crippen molar-refractivity contribution in [2.75, 3.05) is 13.7 Å². The molecule has 0 aromatic heterocycles. The Bertz CT molecular complexity index is 683. The molecule has 3 atom stereocenters. The monoisotopic (exact) mass is 325 g/mol. The summed E-state index contributed by atoms with van der Waals surface area (Å²) >= 11 is 0. The summed E-state index contributed by atoms with van der Waals surface area (Å²) in [6.45, 7) is 6.69. The van der Waals surface area contributed by atoms with Crippen LogP contribution >= 0.6 is 0 Å².